The highest BCUT2D eigenvalue weighted by Crippen LogP contribution is 2.22. The molecule has 1 aromatic heterocycles. The van der Waals surface area contributed by atoms with Crippen molar-refractivity contribution in [3.63, 3.8) is 0 Å². The molecule has 0 aliphatic rings. The van der Waals surface area contributed by atoms with Gasteiger partial charge in [0, 0.05) is 6.04 Å². The average molecular weight is 223 g/mol. The zero-order valence-corrected chi connectivity index (χ0v) is 10.4. The normalized spacial score (nSPS) is 12.6. The number of nitrogens with one attached hydrogen (secondary N) is 1. The van der Waals surface area contributed by atoms with Crippen LogP contribution >= 0.6 is 0 Å². The molecular weight excluding hydrogens is 202 g/mol. The molecule has 0 aromatic carbocycles. The van der Waals surface area contributed by atoms with E-state index in [-0.39, 0.29) is 6.10 Å². The van der Waals surface area contributed by atoms with Gasteiger partial charge < -0.3 is 15.8 Å². The minimum atomic E-state index is 0.0775. The molecule has 16 heavy (non-hydrogen) atoms. The molecule has 0 aliphatic carbocycles. The third-order valence-electron chi connectivity index (χ3n) is 2.24. The lowest BCUT2D eigenvalue weighted by Gasteiger charge is -2.15. The number of hydrogen-bond donors (Lipinski definition) is 2. The maximum absolute atomic E-state index is 5.79. The Morgan fingerprint density at radius 3 is 2.62 bits per heavy atom. The van der Waals surface area contributed by atoms with Crippen molar-refractivity contribution in [2.75, 3.05) is 11.1 Å². The van der Waals surface area contributed by atoms with Crippen LogP contribution in [-0.4, -0.2) is 17.1 Å². The number of aromatic nitrogens is 1. The van der Waals surface area contributed by atoms with Gasteiger partial charge in [-0.1, -0.05) is 6.92 Å². The highest BCUT2D eigenvalue weighted by Gasteiger charge is 2.07. The molecule has 0 bridgehead atoms. The summed E-state index contributed by atoms with van der Waals surface area (Å²) >= 11 is 0. The van der Waals surface area contributed by atoms with Gasteiger partial charge >= 0.3 is 0 Å². The SMILES string of the molecule is CCC(C)Nc1ccc(N)c(OC(C)C)n1. The van der Waals surface area contributed by atoms with Crippen molar-refractivity contribution < 1.29 is 4.74 Å². The maximum Gasteiger partial charge on any atom is 0.239 e. The van der Waals surface area contributed by atoms with Crippen molar-refractivity contribution in [3.05, 3.63) is 12.1 Å². The minimum Gasteiger partial charge on any atom is -0.473 e. The van der Waals surface area contributed by atoms with Crippen molar-refractivity contribution in [3.8, 4) is 5.88 Å². The van der Waals surface area contributed by atoms with Crippen LogP contribution in [-0.2, 0) is 0 Å². The first kappa shape index (κ1) is 12.6. The zero-order valence-electron chi connectivity index (χ0n) is 10.4. The van der Waals surface area contributed by atoms with Crippen LogP contribution in [0.4, 0.5) is 11.5 Å². The Bertz CT molecular complexity index is 339. The second kappa shape index (κ2) is 5.58. The fourth-order valence-electron chi connectivity index (χ4n) is 1.20. The molecular formula is C12H21N3O. The van der Waals surface area contributed by atoms with Crippen molar-refractivity contribution in [1.29, 1.82) is 0 Å². The third-order valence-corrected chi connectivity index (χ3v) is 2.24. The van der Waals surface area contributed by atoms with Crippen LogP contribution in [0.5, 0.6) is 5.88 Å². The first-order valence-electron chi connectivity index (χ1n) is 5.72. The number of pyridine rings is 1. The Morgan fingerprint density at radius 1 is 1.38 bits per heavy atom. The van der Waals surface area contributed by atoms with Gasteiger partial charge in [-0.15, -0.1) is 0 Å². The van der Waals surface area contributed by atoms with Gasteiger partial charge in [-0.25, -0.2) is 0 Å². The smallest absolute Gasteiger partial charge is 0.239 e. The van der Waals surface area contributed by atoms with E-state index < -0.39 is 0 Å². The van der Waals surface area contributed by atoms with Gasteiger partial charge in [-0.3, -0.25) is 0 Å². The summed E-state index contributed by atoms with van der Waals surface area (Å²) in [5.74, 6) is 1.31. The summed E-state index contributed by atoms with van der Waals surface area (Å²) in [7, 11) is 0. The van der Waals surface area contributed by atoms with E-state index in [4.69, 9.17) is 10.5 Å². The van der Waals surface area contributed by atoms with Crippen LogP contribution in [0, 0.1) is 0 Å². The molecule has 0 saturated carbocycles. The summed E-state index contributed by atoms with van der Waals surface area (Å²) in [5, 5.41) is 3.29. The van der Waals surface area contributed by atoms with E-state index in [1.54, 1.807) is 0 Å². The van der Waals surface area contributed by atoms with E-state index in [2.05, 4.69) is 24.1 Å². The second-order valence-corrected chi connectivity index (χ2v) is 4.21. The molecule has 0 fully saturated rings. The standard InChI is InChI=1S/C12H21N3O/c1-5-9(4)14-11-7-6-10(13)12(15-11)16-8(2)3/h6-9H,5,13H2,1-4H3,(H,14,15). The molecule has 0 radical (unpaired) electrons. The Balaban J connectivity index is 2.80. The highest BCUT2D eigenvalue weighted by atomic mass is 16.5. The Morgan fingerprint density at radius 2 is 2.06 bits per heavy atom. The topological polar surface area (TPSA) is 60.2 Å². The summed E-state index contributed by atoms with van der Waals surface area (Å²) in [6, 6.07) is 4.08. The molecule has 0 amide bonds. The summed E-state index contributed by atoms with van der Waals surface area (Å²) in [5.41, 5.74) is 6.36. The number of hydrogen-bond acceptors (Lipinski definition) is 4. The monoisotopic (exact) mass is 223 g/mol. The molecule has 3 N–H and O–H groups in total. The second-order valence-electron chi connectivity index (χ2n) is 4.21. The Hall–Kier alpha value is -1.45. The summed E-state index contributed by atoms with van der Waals surface area (Å²) in [6.07, 6.45) is 1.13. The fraction of sp³-hybridized carbons (Fsp3) is 0.583. The van der Waals surface area contributed by atoms with Gasteiger partial charge in [0.2, 0.25) is 5.88 Å². The molecule has 1 unspecified atom stereocenters. The van der Waals surface area contributed by atoms with Crippen LogP contribution < -0.4 is 15.8 Å². The van der Waals surface area contributed by atoms with Gasteiger partial charge in [0.25, 0.3) is 0 Å². The highest BCUT2D eigenvalue weighted by molar-refractivity contribution is 5.53. The van der Waals surface area contributed by atoms with E-state index in [0.717, 1.165) is 12.2 Å². The maximum atomic E-state index is 5.79. The summed E-state index contributed by atoms with van der Waals surface area (Å²) in [4.78, 5) is 4.34. The number of anilines is 2. The minimum absolute atomic E-state index is 0.0775. The predicted octanol–water partition coefficient (Wildman–Crippen LogP) is 2.66. The third kappa shape index (κ3) is 3.61. The van der Waals surface area contributed by atoms with Crippen molar-refractivity contribution >= 4 is 11.5 Å². The Kier molecular flexibility index (Phi) is 4.40. The Labute approximate surface area is 97.2 Å². The van der Waals surface area contributed by atoms with Gasteiger partial charge in [-0.2, -0.15) is 4.98 Å². The van der Waals surface area contributed by atoms with E-state index >= 15 is 0 Å². The van der Waals surface area contributed by atoms with Crippen LogP contribution in [0.1, 0.15) is 34.1 Å². The number of rotatable bonds is 5. The van der Waals surface area contributed by atoms with Crippen LogP contribution in [0.3, 0.4) is 0 Å². The van der Waals surface area contributed by atoms with E-state index in [0.29, 0.717) is 17.6 Å². The molecule has 0 spiro atoms. The zero-order chi connectivity index (χ0) is 12.1. The largest absolute Gasteiger partial charge is 0.473 e. The van der Waals surface area contributed by atoms with Crippen LogP contribution in [0.15, 0.2) is 12.1 Å². The molecule has 4 nitrogen and oxygen atoms in total. The van der Waals surface area contributed by atoms with Gasteiger partial charge in [0.05, 0.1) is 11.8 Å². The van der Waals surface area contributed by atoms with Gasteiger partial charge in [-0.05, 0) is 39.3 Å². The molecule has 4 heteroatoms. The van der Waals surface area contributed by atoms with Crippen LogP contribution in [0.25, 0.3) is 0 Å². The number of nitrogens with zero attached hydrogens (tertiary/aromatic N) is 1. The van der Waals surface area contributed by atoms with E-state index in [1.807, 2.05) is 26.0 Å². The van der Waals surface area contributed by atoms with Gasteiger partial charge in [0.1, 0.15) is 5.82 Å². The predicted molar refractivity (Wildman–Crippen MR) is 67.8 cm³/mol. The molecule has 0 aliphatic heterocycles. The first-order valence-corrected chi connectivity index (χ1v) is 5.72. The lowest BCUT2D eigenvalue weighted by Crippen LogP contribution is -2.15. The van der Waals surface area contributed by atoms with Crippen LogP contribution in [0.2, 0.25) is 0 Å². The molecule has 0 saturated heterocycles. The average Bonchev–Trinajstić information content (AvgIpc) is 2.22. The summed E-state index contributed by atoms with van der Waals surface area (Å²) in [6.45, 7) is 8.15. The lowest BCUT2D eigenvalue weighted by molar-refractivity contribution is 0.234. The first-order chi connectivity index (χ1) is 7.52. The lowest BCUT2D eigenvalue weighted by atomic mass is 10.2. The van der Waals surface area contributed by atoms with Crippen molar-refractivity contribution in [2.45, 2.75) is 46.3 Å². The van der Waals surface area contributed by atoms with Crippen molar-refractivity contribution in [2.24, 2.45) is 0 Å². The van der Waals surface area contributed by atoms with E-state index in [1.165, 1.54) is 0 Å². The fourth-order valence-corrected chi connectivity index (χ4v) is 1.20. The quantitative estimate of drug-likeness (QED) is 0.805. The molecule has 1 rings (SSSR count). The number of ether oxygens (including phenoxy) is 1. The number of nitrogens with two attached hydrogens (primary N) is 1. The molecule has 1 atom stereocenters. The van der Waals surface area contributed by atoms with Crippen molar-refractivity contribution in [1.82, 2.24) is 4.98 Å². The van der Waals surface area contributed by atoms with Gasteiger partial charge in [0.15, 0.2) is 0 Å². The van der Waals surface area contributed by atoms with E-state index in [9.17, 15) is 0 Å². The molecule has 1 aromatic rings. The summed E-state index contributed by atoms with van der Waals surface area (Å²) < 4.78 is 5.52. The molecule has 90 valence electrons. The number of nitrogen functional groups attached to an aromatic ring is 1. The molecule has 1 heterocycles.